The van der Waals surface area contributed by atoms with Crippen LogP contribution < -0.4 is 0 Å². The fourth-order valence-corrected chi connectivity index (χ4v) is 4.01. The second-order valence-corrected chi connectivity index (χ2v) is 7.94. The van der Waals surface area contributed by atoms with Gasteiger partial charge in [-0.1, -0.05) is 36.9 Å². The number of thioether (sulfide) groups is 1. The Morgan fingerprint density at radius 3 is 2.81 bits per heavy atom. The van der Waals surface area contributed by atoms with Crippen LogP contribution in [0.3, 0.4) is 0 Å². The molecule has 2 N–H and O–H groups in total. The number of benzene rings is 1. The molecule has 0 aliphatic rings. The maximum absolute atomic E-state index is 11.6. The normalized spacial score (nSPS) is 11.7. The number of carboxylic acid groups (broad SMARTS) is 1. The number of nitrogens with zero attached hydrogens (tertiary/aromatic N) is 2. The van der Waals surface area contributed by atoms with Gasteiger partial charge in [0.2, 0.25) is 5.16 Å². The highest BCUT2D eigenvalue weighted by atomic mass is 79.9. The molecule has 0 unspecified atom stereocenters. The van der Waals surface area contributed by atoms with E-state index in [2.05, 4.69) is 31.1 Å². The van der Waals surface area contributed by atoms with Gasteiger partial charge in [-0.25, -0.2) is 9.78 Å². The topological polar surface area (TPSA) is 92.0 Å². The van der Waals surface area contributed by atoms with Crippen LogP contribution in [0.2, 0.25) is 0 Å². The molecule has 0 fully saturated rings. The van der Waals surface area contributed by atoms with Gasteiger partial charge in [-0.2, -0.15) is 0 Å². The average Bonchev–Trinajstić information content (AvgIpc) is 3.22. The SMILES string of the molecule is CCc1nc(S/C(=C\c2cc(Br)c(Sc3ccccc3)o2)C(=O)O)n[nH]1. The van der Waals surface area contributed by atoms with E-state index < -0.39 is 5.97 Å². The van der Waals surface area contributed by atoms with Crippen molar-refractivity contribution in [1.29, 1.82) is 0 Å². The highest BCUT2D eigenvalue weighted by Crippen LogP contribution is 2.37. The quantitative estimate of drug-likeness (QED) is 0.381. The van der Waals surface area contributed by atoms with E-state index in [9.17, 15) is 9.90 Å². The van der Waals surface area contributed by atoms with Crippen LogP contribution in [0.4, 0.5) is 0 Å². The van der Waals surface area contributed by atoms with Crippen molar-refractivity contribution < 1.29 is 14.3 Å². The van der Waals surface area contributed by atoms with Gasteiger partial charge in [0.1, 0.15) is 16.5 Å². The third kappa shape index (κ3) is 4.80. The molecule has 0 saturated carbocycles. The molecule has 0 spiro atoms. The van der Waals surface area contributed by atoms with Crippen molar-refractivity contribution in [1.82, 2.24) is 15.2 Å². The Hall–Kier alpha value is -1.97. The number of aryl methyl sites for hydroxylation is 1. The van der Waals surface area contributed by atoms with Crippen LogP contribution in [-0.4, -0.2) is 26.3 Å². The number of nitrogens with one attached hydrogen (secondary N) is 1. The number of carbonyl (C=O) groups is 1. The fraction of sp³-hybridized carbons (Fsp3) is 0.118. The average molecular weight is 452 g/mol. The minimum Gasteiger partial charge on any atom is -0.477 e. The molecule has 0 atom stereocenters. The lowest BCUT2D eigenvalue weighted by molar-refractivity contribution is -0.131. The third-order valence-electron chi connectivity index (χ3n) is 3.16. The molecule has 0 bridgehead atoms. The minimum absolute atomic E-state index is 0.0733. The summed E-state index contributed by atoms with van der Waals surface area (Å²) >= 11 is 5.88. The van der Waals surface area contributed by atoms with E-state index in [4.69, 9.17) is 4.42 Å². The van der Waals surface area contributed by atoms with E-state index in [0.29, 0.717) is 28.3 Å². The first-order valence-electron chi connectivity index (χ1n) is 7.61. The van der Waals surface area contributed by atoms with Gasteiger partial charge in [-0.05, 0) is 45.9 Å². The largest absolute Gasteiger partial charge is 0.477 e. The van der Waals surface area contributed by atoms with Gasteiger partial charge in [0.05, 0.1) is 4.47 Å². The number of furan rings is 1. The zero-order valence-electron chi connectivity index (χ0n) is 13.6. The molecular weight excluding hydrogens is 438 g/mol. The molecule has 0 amide bonds. The smallest absolute Gasteiger partial charge is 0.342 e. The second-order valence-electron chi connectivity index (χ2n) is 5.03. The van der Waals surface area contributed by atoms with Crippen LogP contribution >= 0.6 is 39.5 Å². The van der Waals surface area contributed by atoms with E-state index in [1.165, 1.54) is 17.8 Å². The predicted octanol–water partition coefficient (Wildman–Crippen LogP) is 5.09. The summed E-state index contributed by atoms with van der Waals surface area (Å²) in [5.74, 6) is 0.0774. The number of aliphatic carboxylic acids is 1. The Balaban J connectivity index is 1.81. The number of hydrogen-bond donors (Lipinski definition) is 2. The molecule has 0 aliphatic heterocycles. The molecule has 2 heterocycles. The fourth-order valence-electron chi connectivity index (χ4n) is 1.95. The molecular formula is C17H14BrN3O3S2. The summed E-state index contributed by atoms with van der Waals surface area (Å²) in [6, 6.07) is 11.5. The summed E-state index contributed by atoms with van der Waals surface area (Å²) in [4.78, 5) is 16.9. The lowest BCUT2D eigenvalue weighted by Crippen LogP contribution is -1.97. The summed E-state index contributed by atoms with van der Waals surface area (Å²) in [7, 11) is 0. The lowest BCUT2D eigenvalue weighted by Gasteiger charge is -1.98. The number of carboxylic acids is 1. The second kappa shape index (κ2) is 8.61. The van der Waals surface area contributed by atoms with Gasteiger partial charge >= 0.3 is 5.97 Å². The van der Waals surface area contributed by atoms with Crippen molar-refractivity contribution in [3.05, 3.63) is 57.4 Å². The summed E-state index contributed by atoms with van der Waals surface area (Å²) in [6.45, 7) is 1.94. The Morgan fingerprint density at radius 1 is 1.38 bits per heavy atom. The number of H-pyrrole nitrogens is 1. The van der Waals surface area contributed by atoms with Crippen molar-refractivity contribution in [3.8, 4) is 0 Å². The van der Waals surface area contributed by atoms with E-state index in [1.807, 2.05) is 37.3 Å². The Morgan fingerprint density at radius 2 is 2.15 bits per heavy atom. The molecule has 2 aromatic heterocycles. The molecule has 1 aromatic carbocycles. The van der Waals surface area contributed by atoms with Crippen LogP contribution in [0.25, 0.3) is 6.08 Å². The van der Waals surface area contributed by atoms with Gasteiger partial charge in [-0.3, -0.25) is 5.10 Å². The van der Waals surface area contributed by atoms with Gasteiger partial charge in [-0.15, -0.1) is 5.10 Å². The summed E-state index contributed by atoms with van der Waals surface area (Å²) < 4.78 is 6.54. The van der Waals surface area contributed by atoms with Gasteiger partial charge in [0.15, 0.2) is 5.09 Å². The third-order valence-corrected chi connectivity index (χ3v) is 5.89. The van der Waals surface area contributed by atoms with Crippen molar-refractivity contribution in [2.24, 2.45) is 0 Å². The molecule has 3 rings (SSSR count). The van der Waals surface area contributed by atoms with Crippen LogP contribution in [-0.2, 0) is 11.2 Å². The van der Waals surface area contributed by atoms with Crippen molar-refractivity contribution in [3.63, 3.8) is 0 Å². The van der Waals surface area contributed by atoms with Crippen molar-refractivity contribution >= 4 is 51.5 Å². The first-order valence-corrected chi connectivity index (χ1v) is 10.0. The molecule has 0 saturated heterocycles. The van der Waals surface area contributed by atoms with Gasteiger partial charge in [0.25, 0.3) is 0 Å². The zero-order chi connectivity index (χ0) is 18.5. The molecule has 134 valence electrons. The van der Waals surface area contributed by atoms with Crippen LogP contribution in [0, 0.1) is 0 Å². The number of aromatic amines is 1. The Labute approximate surface area is 166 Å². The minimum atomic E-state index is -1.07. The maximum atomic E-state index is 11.6. The van der Waals surface area contributed by atoms with E-state index >= 15 is 0 Å². The van der Waals surface area contributed by atoms with Crippen molar-refractivity contribution in [2.75, 3.05) is 0 Å². The van der Waals surface area contributed by atoms with Crippen LogP contribution in [0.1, 0.15) is 18.5 Å². The van der Waals surface area contributed by atoms with E-state index in [1.54, 1.807) is 6.07 Å². The Bertz CT molecular complexity index is 938. The zero-order valence-corrected chi connectivity index (χ0v) is 16.8. The summed E-state index contributed by atoms with van der Waals surface area (Å²) in [6.07, 6.45) is 2.17. The first-order chi connectivity index (χ1) is 12.5. The van der Waals surface area contributed by atoms with Crippen LogP contribution in [0.15, 0.2) is 65.3 Å². The lowest BCUT2D eigenvalue weighted by atomic mass is 10.4. The monoisotopic (exact) mass is 451 g/mol. The molecule has 0 radical (unpaired) electrons. The Kier molecular flexibility index (Phi) is 6.23. The molecule has 3 aromatic rings. The number of aromatic nitrogens is 3. The maximum Gasteiger partial charge on any atom is 0.342 e. The number of hydrogen-bond acceptors (Lipinski definition) is 6. The molecule has 6 nitrogen and oxygen atoms in total. The molecule has 9 heteroatoms. The molecule has 0 aliphatic carbocycles. The van der Waals surface area contributed by atoms with Crippen molar-refractivity contribution in [2.45, 2.75) is 28.5 Å². The molecule has 26 heavy (non-hydrogen) atoms. The number of rotatable bonds is 7. The van der Waals surface area contributed by atoms with Gasteiger partial charge in [0, 0.05) is 17.4 Å². The standard InChI is InChI=1S/C17H14BrN3O3S2/c1-2-14-19-17(21-20-14)26-13(15(22)23)9-10-8-12(18)16(24-10)25-11-6-4-3-5-7-11/h3-9H,2H2,1H3,(H,22,23)(H,19,20,21)/b13-9-. The van der Waals surface area contributed by atoms with E-state index in [0.717, 1.165) is 21.1 Å². The highest BCUT2D eigenvalue weighted by molar-refractivity contribution is 9.10. The summed E-state index contributed by atoms with van der Waals surface area (Å²) in [5, 5.41) is 17.3. The summed E-state index contributed by atoms with van der Waals surface area (Å²) in [5.41, 5.74) is 0. The van der Waals surface area contributed by atoms with Gasteiger partial charge < -0.3 is 9.52 Å². The number of halogens is 1. The first kappa shape index (κ1) is 18.8. The van der Waals surface area contributed by atoms with Crippen LogP contribution in [0.5, 0.6) is 0 Å². The predicted molar refractivity (Wildman–Crippen MR) is 104 cm³/mol. The van der Waals surface area contributed by atoms with E-state index in [-0.39, 0.29) is 4.91 Å². The highest BCUT2D eigenvalue weighted by Gasteiger charge is 2.16.